The van der Waals surface area contributed by atoms with Gasteiger partial charge in [0, 0.05) is 20.1 Å². The van der Waals surface area contributed by atoms with Gasteiger partial charge in [0.15, 0.2) is 0 Å². The van der Waals surface area contributed by atoms with Crippen LogP contribution in [0.5, 0.6) is 0 Å². The van der Waals surface area contributed by atoms with E-state index >= 15 is 0 Å². The monoisotopic (exact) mass is 266 g/mol. The van der Waals surface area contributed by atoms with Crippen LogP contribution in [0, 0.1) is 10.1 Å². The summed E-state index contributed by atoms with van der Waals surface area (Å²) < 4.78 is 0. The number of carbonyl (C=O) groups excluding carboxylic acids is 1. The number of nitrogens with zero attached hydrogens (tertiary/aromatic N) is 4. The van der Waals surface area contributed by atoms with Gasteiger partial charge in [-0.3, -0.25) is 14.9 Å². The largest absolute Gasteiger partial charge is 0.367 e. The van der Waals surface area contributed by atoms with Gasteiger partial charge in [0.2, 0.25) is 17.5 Å². The quantitative estimate of drug-likeness (QED) is 0.573. The van der Waals surface area contributed by atoms with Crippen molar-refractivity contribution in [2.24, 2.45) is 0 Å². The molecule has 1 aliphatic heterocycles. The summed E-state index contributed by atoms with van der Waals surface area (Å²) in [7, 11) is 1.55. The van der Waals surface area contributed by atoms with E-state index in [4.69, 9.17) is 0 Å². The Balaban J connectivity index is 2.42. The molecule has 1 fully saturated rings. The van der Waals surface area contributed by atoms with Crippen LogP contribution in [0.25, 0.3) is 0 Å². The van der Waals surface area contributed by atoms with E-state index in [1.165, 1.54) is 6.33 Å². The standard InChI is InChI=1S/C10H14N6O3/c1-11-9-8(16(18)19)10(14-6-13-9)15-4-2-3-12-7(17)5-15/h6H,2-5H2,1H3,(H,12,17)(H,11,13,14). The van der Waals surface area contributed by atoms with Crippen LogP contribution in [0.3, 0.4) is 0 Å². The highest BCUT2D eigenvalue weighted by molar-refractivity contribution is 5.83. The average molecular weight is 266 g/mol. The van der Waals surface area contributed by atoms with Gasteiger partial charge < -0.3 is 15.5 Å². The van der Waals surface area contributed by atoms with Crippen LogP contribution in [-0.2, 0) is 4.79 Å². The lowest BCUT2D eigenvalue weighted by Gasteiger charge is -2.19. The Labute approximate surface area is 109 Å². The number of carbonyl (C=O) groups is 1. The number of hydrogen-bond acceptors (Lipinski definition) is 7. The predicted molar refractivity (Wildman–Crippen MR) is 68.1 cm³/mol. The van der Waals surface area contributed by atoms with Crippen molar-refractivity contribution in [3.05, 3.63) is 16.4 Å². The highest BCUT2D eigenvalue weighted by Crippen LogP contribution is 2.31. The van der Waals surface area contributed by atoms with Crippen LogP contribution in [0.2, 0.25) is 0 Å². The fourth-order valence-corrected chi connectivity index (χ4v) is 1.94. The summed E-state index contributed by atoms with van der Waals surface area (Å²) in [5.41, 5.74) is -0.209. The zero-order chi connectivity index (χ0) is 13.8. The van der Waals surface area contributed by atoms with E-state index in [2.05, 4.69) is 20.6 Å². The molecule has 0 aromatic carbocycles. The van der Waals surface area contributed by atoms with Crippen LogP contribution < -0.4 is 15.5 Å². The number of anilines is 2. The molecule has 0 unspecified atom stereocenters. The highest BCUT2D eigenvalue weighted by atomic mass is 16.6. The molecule has 9 heteroatoms. The number of nitro groups is 1. The van der Waals surface area contributed by atoms with Crippen LogP contribution in [0.4, 0.5) is 17.3 Å². The Morgan fingerprint density at radius 1 is 1.53 bits per heavy atom. The van der Waals surface area contributed by atoms with E-state index in [-0.39, 0.29) is 29.8 Å². The first kappa shape index (κ1) is 13.0. The molecule has 0 aliphatic carbocycles. The van der Waals surface area contributed by atoms with Gasteiger partial charge >= 0.3 is 5.69 Å². The third kappa shape index (κ3) is 2.69. The van der Waals surface area contributed by atoms with E-state index < -0.39 is 4.92 Å². The van der Waals surface area contributed by atoms with E-state index in [0.29, 0.717) is 19.5 Å². The highest BCUT2D eigenvalue weighted by Gasteiger charge is 2.28. The van der Waals surface area contributed by atoms with Crippen molar-refractivity contribution in [1.29, 1.82) is 0 Å². The molecule has 2 N–H and O–H groups in total. The van der Waals surface area contributed by atoms with Gasteiger partial charge in [-0.1, -0.05) is 0 Å². The average Bonchev–Trinajstić information content (AvgIpc) is 2.62. The van der Waals surface area contributed by atoms with E-state index in [1.807, 2.05) is 0 Å². The first-order valence-electron chi connectivity index (χ1n) is 5.82. The van der Waals surface area contributed by atoms with Gasteiger partial charge in [0.05, 0.1) is 11.5 Å². The lowest BCUT2D eigenvalue weighted by molar-refractivity contribution is -0.383. The van der Waals surface area contributed by atoms with Crippen molar-refractivity contribution in [1.82, 2.24) is 15.3 Å². The molecule has 1 aromatic heterocycles. The lowest BCUT2D eigenvalue weighted by Crippen LogP contribution is -2.34. The first-order valence-corrected chi connectivity index (χ1v) is 5.82. The molecule has 19 heavy (non-hydrogen) atoms. The molecule has 0 saturated carbocycles. The molecular weight excluding hydrogens is 252 g/mol. The predicted octanol–water partition coefficient (Wildman–Crippen LogP) is -0.247. The van der Waals surface area contributed by atoms with Crippen LogP contribution >= 0.6 is 0 Å². The van der Waals surface area contributed by atoms with Crippen molar-refractivity contribution in [3.63, 3.8) is 0 Å². The molecule has 9 nitrogen and oxygen atoms in total. The third-order valence-electron chi connectivity index (χ3n) is 2.78. The summed E-state index contributed by atoms with van der Waals surface area (Å²) in [6, 6.07) is 0. The molecule has 102 valence electrons. The second-order valence-electron chi connectivity index (χ2n) is 4.03. The fraction of sp³-hybridized carbons (Fsp3) is 0.500. The molecule has 0 bridgehead atoms. The van der Waals surface area contributed by atoms with Crippen molar-refractivity contribution in [3.8, 4) is 0 Å². The zero-order valence-electron chi connectivity index (χ0n) is 10.4. The third-order valence-corrected chi connectivity index (χ3v) is 2.78. The summed E-state index contributed by atoms with van der Waals surface area (Å²) in [6.45, 7) is 1.15. The summed E-state index contributed by atoms with van der Waals surface area (Å²) >= 11 is 0. The second kappa shape index (κ2) is 5.46. The Hall–Kier alpha value is -2.45. The van der Waals surface area contributed by atoms with Crippen molar-refractivity contribution in [2.75, 3.05) is 36.9 Å². The molecule has 2 rings (SSSR count). The molecule has 0 radical (unpaired) electrons. The zero-order valence-corrected chi connectivity index (χ0v) is 10.4. The fourth-order valence-electron chi connectivity index (χ4n) is 1.94. The molecule has 2 heterocycles. The smallest absolute Gasteiger partial charge is 0.353 e. The normalized spacial score (nSPS) is 15.6. The minimum Gasteiger partial charge on any atom is -0.367 e. The van der Waals surface area contributed by atoms with Gasteiger partial charge in [-0.2, -0.15) is 0 Å². The Bertz CT molecular complexity index is 506. The van der Waals surface area contributed by atoms with Crippen LogP contribution in [-0.4, -0.2) is 47.5 Å². The summed E-state index contributed by atoms with van der Waals surface area (Å²) in [5, 5.41) is 16.5. The van der Waals surface area contributed by atoms with E-state index in [9.17, 15) is 14.9 Å². The van der Waals surface area contributed by atoms with E-state index in [0.717, 1.165) is 0 Å². The number of hydrogen-bond donors (Lipinski definition) is 2. The maximum atomic E-state index is 11.5. The number of amides is 1. The first-order chi connectivity index (χ1) is 9.13. The lowest BCUT2D eigenvalue weighted by atomic mass is 10.3. The van der Waals surface area contributed by atoms with Gasteiger partial charge in [-0.05, 0) is 6.42 Å². The van der Waals surface area contributed by atoms with Crippen LogP contribution in [0.15, 0.2) is 6.33 Å². The molecule has 1 aromatic rings. The van der Waals surface area contributed by atoms with Gasteiger partial charge in [0.1, 0.15) is 6.33 Å². The van der Waals surface area contributed by atoms with Gasteiger partial charge in [-0.25, -0.2) is 9.97 Å². The molecule has 1 aliphatic rings. The number of nitrogens with one attached hydrogen (secondary N) is 2. The van der Waals surface area contributed by atoms with Crippen molar-refractivity contribution >= 4 is 23.2 Å². The Morgan fingerprint density at radius 3 is 3.00 bits per heavy atom. The molecule has 0 spiro atoms. The van der Waals surface area contributed by atoms with Crippen LogP contribution in [0.1, 0.15) is 6.42 Å². The minimum absolute atomic E-state index is 0.0566. The maximum Gasteiger partial charge on any atom is 0.353 e. The summed E-state index contributed by atoms with van der Waals surface area (Å²) in [5.74, 6) is 0.137. The second-order valence-corrected chi connectivity index (χ2v) is 4.03. The van der Waals surface area contributed by atoms with Crippen molar-refractivity contribution in [2.45, 2.75) is 6.42 Å². The molecule has 0 atom stereocenters. The van der Waals surface area contributed by atoms with Gasteiger partial charge in [-0.15, -0.1) is 0 Å². The molecule has 1 saturated heterocycles. The number of aromatic nitrogens is 2. The minimum atomic E-state index is -0.538. The SMILES string of the molecule is CNc1ncnc(N2CCCNC(=O)C2)c1[N+](=O)[O-]. The molecule has 1 amide bonds. The van der Waals surface area contributed by atoms with Gasteiger partial charge in [0.25, 0.3) is 0 Å². The Kier molecular flexibility index (Phi) is 3.74. The topological polar surface area (TPSA) is 113 Å². The van der Waals surface area contributed by atoms with E-state index in [1.54, 1.807) is 11.9 Å². The molecular formula is C10H14N6O3. The summed E-state index contributed by atoms with van der Waals surface area (Å²) in [6.07, 6.45) is 1.96. The Morgan fingerprint density at radius 2 is 2.32 bits per heavy atom. The van der Waals surface area contributed by atoms with Crippen molar-refractivity contribution < 1.29 is 9.72 Å². The number of rotatable bonds is 3. The maximum absolute atomic E-state index is 11.5. The summed E-state index contributed by atoms with van der Waals surface area (Å²) in [4.78, 5) is 31.5.